The van der Waals surface area contributed by atoms with E-state index in [2.05, 4.69) is 9.80 Å². The lowest BCUT2D eigenvalue weighted by molar-refractivity contribution is -0.146. The minimum atomic E-state index is -0.178. The van der Waals surface area contributed by atoms with Crippen LogP contribution in [0.1, 0.15) is 6.92 Å². The highest BCUT2D eigenvalue weighted by Gasteiger charge is 2.25. The molecule has 0 saturated carbocycles. The number of ether oxygens (including phenoxy) is 1. The summed E-state index contributed by atoms with van der Waals surface area (Å²) >= 11 is 4.87. The van der Waals surface area contributed by atoms with Crippen molar-refractivity contribution in [1.29, 1.82) is 0 Å². The Morgan fingerprint density at radius 1 is 1.44 bits per heavy atom. The van der Waals surface area contributed by atoms with Crippen LogP contribution in [0.5, 0.6) is 0 Å². The Balaban J connectivity index is 2.36. The second-order valence-corrected chi connectivity index (χ2v) is 4.50. The summed E-state index contributed by atoms with van der Waals surface area (Å²) in [6.45, 7) is 6.00. The van der Waals surface area contributed by atoms with Crippen LogP contribution in [0.3, 0.4) is 0 Å². The number of carbonyl (C=O) groups excluding carboxylic acids is 1. The summed E-state index contributed by atoms with van der Waals surface area (Å²) in [4.78, 5) is 16.2. The van der Waals surface area contributed by atoms with Gasteiger partial charge in [0.15, 0.2) is 0 Å². The lowest BCUT2D eigenvalue weighted by Gasteiger charge is -2.36. The van der Waals surface area contributed by atoms with Crippen LogP contribution < -0.4 is 5.73 Å². The van der Waals surface area contributed by atoms with Crippen LogP contribution in [0.2, 0.25) is 0 Å². The first-order chi connectivity index (χ1) is 7.54. The van der Waals surface area contributed by atoms with E-state index in [1.54, 1.807) is 0 Å². The van der Waals surface area contributed by atoms with Gasteiger partial charge < -0.3 is 10.5 Å². The number of esters is 1. The van der Waals surface area contributed by atoms with Crippen molar-refractivity contribution >= 4 is 23.2 Å². The van der Waals surface area contributed by atoms with E-state index in [1.807, 2.05) is 6.92 Å². The predicted molar refractivity (Wildman–Crippen MR) is 66.3 cm³/mol. The largest absolute Gasteiger partial charge is 0.468 e. The standard InChI is InChI=1S/C10H19N3O2S/c1-8(10(14)15-2)13-5-3-12(4-6-13)7-9(11)16/h8H,3-7H2,1-2H3,(H2,11,16). The van der Waals surface area contributed by atoms with Crippen molar-refractivity contribution < 1.29 is 9.53 Å². The number of rotatable bonds is 4. The van der Waals surface area contributed by atoms with E-state index < -0.39 is 0 Å². The summed E-state index contributed by atoms with van der Waals surface area (Å²) in [5, 5.41) is 0. The van der Waals surface area contributed by atoms with Gasteiger partial charge in [-0.3, -0.25) is 14.6 Å². The molecule has 0 amide bonds. The third-order valence-electron chi connectivity index (χ3n) is 2.88. The molecule has 0 bridgehead atoms. The second kappa shape index (κ2) is 6.12. The van der Waals surface area contributed by atoms with E-state index in [9.17, 15) is 4.79 Å². The van der Waals surface area contributed by atoms with Gasteiger partial charge in [0.25, 0.3) is 0 Å². The number of hydrogen-bond acceptors (Lipinski definition) is 5. The van der Waals surface area contributed by atoms with Crippen LogP contribution >= 0.6 is 12.2 Å². The first-order valence-corrected chi connectivity index (χ1v) is 5.78. The third-order valence-corrected chi connectivity index (χ3v) is 3.01. The van der Waals surface area contributed by atoms with Gasteiger partial charge in [-0.2, -0.15) is 0 Å². The van der Waals surface area contributed by atoms with Gasteiger partial charge in [-0.05, 0) is 6.92 Å². The molecule has 1 heterocycles. The molecule has 6 heteroatoms. The molecule has 92 valence electrons. The fourth-order valence-corrected chi connectivity index (χ4v) is 2.03. The first kappa shape index (κ1) is 13.3. The number of nitrogens with zero attached hydrogens (tertiary/aromatic N) is 2. The molecule has 16 heavy (non-hydrogen) atoms. The maximum Gasteiger partial charge on any atom is 0.322 e. The molecular formula is C10H19N3O2S. The van der Waals surface area contributed by atoms with Gasteiger partial charge in [0.2, 0.25) is 0 Å². The van der Waals surface area contributed by atoms with Gasteiger partial charge >= 0.3 is 5.97 Å². The van der Waals surface area contributed by atoms with Crippen molar-refractivity contribution in [3.63, 3.8) is 0 Å². The highest BCUT2D eigenvalue weighted by Crippen LogP contribution is 2.07. The zero-order chi connectivity index (χ0) is 12.1. The van der Waals surface area contributed by atoms with Crippen molar-refractivity contribution in [3.8, 4) is 0 Å². The molecule has 0 aromatic heterocycles. The summed E-state index contributed by atoms with van der Waals surface area (Å²) in [5.41, 5.74) is 5.49. The summed E-state index contributed by atoms with van der Waals surface area (Å²) in [5.74, 6) is -0.178. The second-order valence-electron chi connectivity index (χ2n) is 3.98. The molecular weight excluding hydrogens is 226 g/mol. The van der Waals surface area contributed by atoms with E-state index in [0.29, 0.717) is 11.5 Å². The maximum atomic E-state index is 11.4. The minimum absolute atomic E-state index is 0.169. The molecule has 1 fully saturated rings. The van der Waals surface area contributed by atoms with Crippen molar-refractivity contribution in [2.24, 2.45) is 5.73 Å². The highest BCUT2D eigenvalue weighted by molar-refractivity contribution is 7.80. The molecule has 1 saturated heterocycles. The number of piperazine rings is 1. The van der Waals surface area contributed by atoms with Crippen molar-refractivity contribution in [2.75, 3.05) is 39.8 Å². The van der Waals surface area contributed by atoms with Gasteiger partial charge in [0.05, 0.1) is 12.1 Å². The zero-order valence-electron chi connectivity index (χ0n) is 9.81. The van der Waals surface area contributed by atoms with Gasteiger partial charge in [0.1, 0.15) is 6.04 Å². The van der Waals surface area contributed by atoms with Crippen LogP contribution in [-0.2, 0) is 9.53 Å². The van der Waals surface area contributed by atoms with E-state index in [0.717, 1.165) is 26.2 Å². The summed E-state index contributed by atoms with van der Waals surface area (Å²) in [7, 11) is 1.42. The van der Waals surface area contributed by atoms with E-state index in [1.165, 1.54) is 7.11 Å². The summed E-state index contributed by atoms with van der Waals surface area (Å²) in [6.07, 6.45) is 0. The van der Waals surface area contributed by atoms with Crippen molar-refractivity contribution in [2.45, 2.75) is 13.0 Å². The Hall–Kier alpha value is -0.720. The number of methoxy groups -OCH3 is 1. The maximum absolute atomic E-state index is 11.4. The van der Waals surface area contributed by atoms with Gasteiger partial charge in [-0.1, -0.05) is 12.2 Å². The predicted octanol–water partition coefficient (Wildman–Crippen LogP) is -0.548. The normalized spacial score (nSPS) is 20.4. The number of nitrogens with two attached hydrogens (primary N) is 1. The Kier molecular flexibility index (Phi) is 5.11. The molecule has 1 unspecified atom stereocenters. The average molecular weight is 245 g/mol. The van der Waals surface area contributed by atoms with Crippen LogP contribution in [-0.4, -0.2) is 66.6 Å². The summed E-state index contributed by atoms with van der Waals surface area (Å²) < 4.78 is 4.72. The molecule has 1 atom stereocenters. The average Bonchev–Trinajstić information content (AvgIpc) is 2.27. The van der Waals surface area contributed by atoms with Crippen molar-refractivity contribution in [3.05, 3.63) is 0 Å². The zero-order valence-corrected chi connectivity index (χ0v) is 10.6. The lowest BCUT2D eigenvalue weighted by Crippen LogP contribution is -2.53. The van der Waals surface area contributed by atoms with Crippen LogP contribution in [0.25, 0.3) is 0 Å². The number of thiocarbonyl (C=S) groups is 1. The monoisotopic (exact) mass is 245 g/mol. The van der Waals surface area contributed by atoms with E-state index in [4.69, 9.17) is 22.7 Å². The quantitative estimate of drug-likeness (QED) is 0.530. The molecule has 2 N–H and O–H groups in total. The molecule has 1 aliphatic heterocycles. The van der Waals surface area contributed by atoms with E-state index >= 15 is 0 Å². The molecule has 5 nitrogen and oxygen atoms in total. The van der Waals surface area contributed by atoms with Gasteiger partial charge in [-0.15, -0.1) is 0 Å². The smallest absolute Gasteiger partial charge is 0.322 e. The van der Waals surface area contributed by atoms with E-state index in [-0.39, 0.29) is 12.0 Å². The molecule has 0 spiro atoms. The molecule has 0 radical (unpaired) electrons. The third kappa shape index (κ3) is 3.70. The van der Waals surface area contributed by atoms with Crippen molar-refractivity contribution in [1.82, 2.24) is 9.80 Å². The Bertz CT molecular complexity index is 265. The molecule has 0 aromatic rings. The molecule has 0 aromatic carbocycles. The van der Waals surface area contributed by atoms with Gasteiger partial charge in [-0.25, -0.2) is 0 Å². The number of hydrogen-bond donors (Lipinski definition) is 1. The molecule has 1 rings (SSSR count). The summed E-state index contributed by atoms with van der Waals surface area (Å²) in [6, 6.07) is -0.169. The lowest BCUT2D eigenvalue weighted by atomic mass is 10.2. The van der Waals surface area contributed by atoms with Crippen LogP contribution in [0.4, 0.5) is 0 Å². The Labute approximate surface area is 102 Å². The molecule has 1 aliphatic rings. The number of carbonyl (C=O) groups is 1. The fraction of sp³-hybridized carbons (Fsp3) is 0.800. The van der Waals surface area contributed by atoms with Gasteiger partial charge in [0, 0.05) is 32.7 Å². The fourth-order valence-electron chi connectivity index (χ4n) is 1.85. The minimum Gasteiger partial charge on any atom is -0.468 e. The van der Waals surface area contributed by atoms with Crippen LogP contribution in [0.15, 0.2) is 0 Å². The highest BCUT2D eigenvalue weighted by atomic mass is 32.1. The van der Waals surface area contributed by atoms with Crippen LogP contribution in [0, 0.1) is 0 Å². The molecule has 0 aliphatic carbocycles. The Morgan fingerprint density at radius 3 is 2.44 bits per heavy atom. The first-order valence-electron chi connectivity index (χ1n) is 5.37. The SMILES string of the molecule is COC(=O)C(C)N1CCN(CC(N)=S)CC1. The Morgan fingerprint density at radius 2 is 2.00 bits per heavy atom. The topological polar surface area (TPSA) is 58.8 Å².